The van der Waals surface area contributed by atoms with Gasteiger partial charge in [0.25, 0.3) is 0 Å². The zero-order valence-electron chi connectivity index (χ0n) is 9.17. The maximum Gasteiger partial charge on any atom is 0.0543 e. The predicted molar refractivity (Wildman–Crippen MR) is 74.8 cm³/mol. The number of nitrogens with one attached hydrogen (secondary N) is 1. The molecular formula is C12H15Cl2NS. The van der Waals surface area contributed by atoms with E-state index in [0.717, 1.165) is 28.0 Å². The second-order valence-corrected chi connectivity index (χ2v) is 5.77. The highest BCUT2D eigenvalue weighted by molar-refractivity contribution is 8.00. The van der Waals surface area contributed by atoms with Crippen molar-refractivity contribution in [1.29, 1.82) is 0 Å². The van der Waals surface area contributed by atoms with Gasteiger partial charge in [0.15, 0.2) is 0 Å². The third-order valence-corrected chi connectivity index (χ3v) is 3.78. The number of halogens is 2. The monoisotopic (exact) mass is 275 g/mol. The van der Waals surface area contributed by atoms with Crippen LogP contribution in [0.3, 0.4) is 0 Å². The molecule has 1 aromatic rings. The molecule has 0 saturated heterocycles. The summed E-state index contributed by atoms with van der Waals surface area (Å²) in [6, 6.07) is 5.53. The first-order valence-corrected chi connectivity index (χ1v) is 6.70. The van der Waals surface area contributed by atoms with E-state index >= 15 is 0 Å². The van der Waals surface area contributed by atoms with E-state index in [1.165, 1.54) is 0 Å². The van der Waals surface area contributed by atoms with Crippen LogP contribution in [0.2, 0.25) is 10.0 Å². The molecule has 1 atom stereocenters. The molecule has 16 heavy (non-hydrogen) atoms. The van der Waals surface area contributed by atoms with E-state index in [2.05, 4.69) is 18.8 Å². The maximum atomic E-state index is 6.09. The van der Waals surface area contributed by atoms with E-state index < -0.39 is 0 Å². The minimum atomic E-state index is 0.441. The van der Waals surface area contributed by atoms with Crippen molar-refractivity contribution in [1.82, 2.24) is 5.32 Å². The number of thioether (sulfide) groups is 1. The molecule has 0 saturated carbocycles. The zero-order chi connectivity index (χ0) is 12.0. The van der Waals surface area contributed by atoms with Gasteiger partial charge < -0.3 is 5.32 Å². The molecule has 0 heterocycles. The third kappa shape index (κ3) is 4.79. The lowest BCUT2D eigenvalue weighted by Crippen LogP contribution is -2.22. The van der Waals surface area contributed by atoms with Gasteiger partial charge in [0.2, 0.25) is 0 Å². The Balaban J connectivity index is 2.51. The van der Waals surface area contributed by atoms with Gasteiger partial charge in [-0.3, -0.25) is 0 Å². The fraction of sp³-hybridized carbons (Fsp3) is 0.333. The predicted octanol–water partition coefficient (Wildman–Crippen LogP) is 4.25. The Morgan fingerprint density at radius 2 is 2.25 bits per heavy atom. The third-order valence-electron chi connectivity index (χ3n) is 1.94. The molecule has 0 aliphatic heterocycles. The molecule has 0 bridgehead atoms. The number of rotatable bonds is 6. The molecule has 1 nitrogen and oxygen atoms in total. The van der Waals surface area contributed by atoms with Crippen LogP contribution in [-0.4, -0.2) is 18.3 Å². The highest BCUT2D eigenvalue weighted by atomic mass is 35.5. The van der Waals surface area contributed by atoms with Crippen LogP contribution >= 0.6 is 35.0 Å². The normalized spacial score (nSPS) is 12.4. The van der Waals surface area contributed by atoms with Crippen molar-refractivity contribution in [2.75, 3.05) is 13.1 Å². The Hall–Kier alpha value is -0.150. The summed E-state index contributed by atoms with van der Waals surface area (Å²) >= 11 is 13.7. The van der Waals surface area contributed by atoms with Crippen molar-refractivity contribution >= 4 is 35.0 Å². The summed E-state index contributed by atoms with van der Waals surface area (Å²) in [5.74, 6) is 0. The molecule has 1 rings (SSSR count). The van der Waals surface area contributed by atoms with Gasteiger partial charge in [-0.25, -0.2) is 0 Å². The van der Waals surface area contributed by atoms with Crippen LogP contribution < -0.4 is 5.32 Å². The van der Waals surface area contributed by atoms with Crippen LogP contribution in [0, 0.1) is 0 Å². The molecule has 1 aromatic carbocycles. The van der Waals surface area contributed by atoms with Gasteiger partial charge in [-0.15, -0.1) is 18.3 Å². The first-order valence-electron chi connectivity index (χ1n) is 5.07. The van der Waals surface area contributed by atoms with Gasteiger partial charge in [-0.2, -0.15) is 0 Å². The van der Waals surface area contributed by atoms with Crippen molar-refractivity contribution < 1.29 is 0 Å². The van der Waals surface area contributed by atoms with Crippen LogP contribution in [0.15, 0.2) is 35.7 Å². The van der Waals surface area contributed by atoms with Gasteiger partial charge in [-0.05, 0) is 18.2 Å². The van der Waals surface area contributed by atoms with Crippen LogP contribution in [0.4, 0.5) is 0 Å². The summed E-state index contributed by atoms with van der Waals surface area (Å²) in [5, 5.41) is 5.19. The summed E-state index contributed by atoms with van der Waals surface area (Å²) in [6.07, 6.45) is 1.85. The fourth-order valence-electron chi connectivity index (χ4n) is 1.21. The van der Waals surface area contributed by atoms with Crippen LogP contribution in [0.25, 0.3) is 0 Å². The lowest BCUT2D eigenvalue weighted by molar-refractivity contribution is 0.740. The molecule has 0 aromatic heterocycles. The van der Waals surface area contributed by atoms with E-state index in [1.54, 1.807) is 17.8 Å². The minimum absolute atomic E-state index is 0.441. The molecule has 88 valence electrons. The lowest BCUT2D eigenvalue weighted by Gasteiger charge is -2.12. The Kier molecular flexibility index (Phi) is 6.29. The second-order valence-electron chi connectivity index (χ2n) is 3.45. The van der Waals surface area contributed by atoms with Gasteiger partial charge >= 0.3 is 0 Å². The number of hydrogen-bond donors (Lipinski definition) is 1. The number of benzene rings is 1. The average Bonchev–Trinajstić information content (AvgIpc) is 2.24. The molecule has 0 aliphatic rings. The highest BCUT2D eigenvalue weighted by Gasteiger charge is 2.07. The molecule has 1 unspecified atom stereocenters. The molecule has 4 heteroatoms. The Morgan fingerprint density at radius 1 is 1.50 bits per heavy atom. The Labute approximate surface area is 111 Å². The van der Waals surface area contributed by atoms with Crippen molar-refractivity contribution in [3.63, 3.8) is 0 Å². The Morgan fingerprint density at radius 3 is 2.94 bits per heavy atom. The van der Waals surface area contributed by atoms with Crippen molar-refractivity contribution in [2.24, 2.45) is 0 Å². The van der Waals surface area contributed by atoms with Gasteiger partial charge in [0.1, 0.15) is 0 Å². The van der Waals surface area contributed by atoms with E-state index in [0.29, 0.717) is 5.25 Å². The van der Waals surface area contributed by atoms with E-state index in [4.69, 9.17) is 23.2 Å². The smallest absolute Gasteiger partial charge is 0.0543 e. The van der Waals surface area contributed by atoms with Crippen LogP contribution in [0.1, 0.15) is 6.92 Å². The SMILES string of the molecule is C=CCNCC(C)Sc1cc(Cl)ccc1Cl. The summed E-state index contributed by atoms with van der Waals surface area (Å²) < 4.78 is 0. The van der Waals surface area contributed by atoms with E-state index in [-0.39, 0.29) is 0 Å². The van der Waals surface area contributed by atoms with Gasteiger partial charge in [-0.1, -0.05) is 36.2 Å². The molecule has 0 amide bonds. The quantitative estimate of drug-likeness (QED) is 0.473. The summed E-state index contributed by atoms with van der Waals surface area (Å²) in [7, 11) is 0. The first kappa shape index (κ1) is 13.9. The van der Waals surface area contributed by atoms with Gasteiger partial charge in [0, 0.05) is 28.3 Å². The van der Waals surface area contributed by atoms with Crippen molar-refractivity contribution in [2.45, 2.75) is 17.1 Å². The molecule has 0 fully saturated rings. The second kappa shape index (κ2) is 7.23. The summed E-state index contributed by atoms with van der Waals surface area (Å²) in [6.45, 7) is 7.55. The van der Waals surface area contributed by atoms with Crippen LogP contribution in [-0.2, 0) is 0 Å². The molecule has 0 spiro atoms. The van der Waals surface area contributed by atoms with E-state index in [1.807, 2.05) is 18.2 Å². The van der Waals surface area contributed by atoms with Crippen molar-refractivity contribution in [3.8, 4) is 0 Å². The standard InChI is InChI=1S/C12H15Cl2NS/c1-3-6-15-8-9(2)16-12-7-10(13)4-5-11(12)14/h3-5,7,9,15H,1,6,8H2,2H3. The Bertz CT molecular complexity index is 355. The first-order chi connectivity index (χ1) is 7.63. The highest BCUT2D eigenvalue weighted by Crippen LogP contribution is 2.32. The summed E-state index contributed by atoms with van der Waals surface area (Å²) in [5.41, 5.74) is 0. The fourth-order valence-corrected chi connectivity index (χ4v) is 2.71. The summed E-state index contributed by atoms with van der Waals surface area (Å²) in [4.78, 5) is 1.03. The topological polar surface area (TPSA) is 12.0 Å². The maximum absolute atomic E-state index is 6.09. The minimum Gasteiger partial charge on any atom is -0.312 e. The zero-order valence-corrected chi connectivity index (χ0v) is 11.5. The van der Waals surface area contributed by atoms with Crippen molar-refractivity contribution in [3.05, 3.63) is 40.9 Å². The number of hydrogen-bond acceptors (Lipinski definition) is 2. The molecule has 0 radical (unpaired) electrons. The van der Waals surface area contributed by atoms with Crippen LogP contribution in [0.5, 0.6) is 0 Å². The molecule has 0 aliphatic carbocycles. The molecule has 1 N–H and O–H groups in total. The molecular weight excluding hydrogens is 261 g/mol. The average molecular weight is 276 g/mol. The van der Waals surface area contributed by atoms with E-state index in [9.17, 15) is 0 Å². The lowest BCUT2D eigenvalue weighted by atomic mass is 10.4. The van der Waals surface area contributed by atoms with Gasteiger partial charge in [0.05, 0.1) is 5.02 Å². The largest absolute Gasteiger partial charge is 0.312 e.